The van der Waals surface area contributed by atoms with E-state index in [2.05, 4.69) is 20.9 Å². The van der Waals surface area contributed by atoms with Crippen LogP contribution in [0.15, 0.2) is 161 Å². The minimum absolute atomic E-state index is 0.0372. The number of methoxy groups -OCH3 is 3. The van der Waals surface area contributed by atoms with Crippen LogP contribution in [-0.4, -0.2) is 44.0 Å². The normalized spacial score (nSPS) is 11.7. The molecule has 0 radical (unpaired) electrons. The lowest BCUT2D eigenvalue weighted by molar-refractivity contribution is -0.116. The molecule has 290 valence electrons. The fourth-order valence-electron chi connectivity index (χ4n) is 6.08. The lowest BCUT2D eigenvalue weighted by Gasteiger charge is -2.18. The zero-order chi connectivity index (χ0) is 40.4. The number of amides is 3. The number of hydrogen-bond donors (Lipinski definition) is 3. The van der Waals surface area contributed by atoms with E-state index in [9.17, 15) is 14.4 Å². The first kappa shape index (κ1) is 38.9. The summed E-state index contributed by atoms with van der Waals surface area (Å²) in [5.41, 5.74) is 4.93. The highest BCUT2D eigenvalue weighted by Gasteiger charge is 2.23. The number of carbonyl (C=O) groups is 3. The molecular weight excluding hydrogens is 753 g/mol. The quantitative estimate of drug-likeness (QED) is 0.0726. The third kappa shape index (κ3) is 9.20. The van der Waals surface area contributed by atoms with Gasteiger partial charge in [0.2, 0.25) is 17.5 Å². The summed E-state index contributed by atoms with van der Waals surface area (Å²) in [6, 6.07) is 43.4. The van der Waals surface area contributed by atoms with Gasteiger partial charge in [-0.1, -0.05) is 66.7 Å². The Hall–Kier alpha value is -7.31. The van der Waals surface area contributed by atoms with Crippen LogP contribution in [0.5, 0.6) is 17.2 Å². The molecule has 0 aliphatic rings. The number of nitrogens with zero attached hydrogens (tertiary/aromatic N) is 1. The molecule has 0 saturated heterocycles. The van der Waals surface area contributed by atoms with Gasteiger partial charge in [0.15, 0.2) is 17.1 Å². The van der Waals surface area contributed by atoms with E-state index in [0.29, 0.717) is 51.2 Å². The zero-order valence-electron chi connectivity index (χ0n) is 31.7. The van der Waals surface area contributed by atoms with Gasteiger partial charge in [-0.15, -0.1) is 11.8 Å². The molecule has 1 heterocycles. The topological polar surface area (TPSA) is 141 Å². The van der Waals surface area contributed by atoms with Crippen molar-refractivity contribution in [2.24, 2.45) is 0 Å². The lowest BCUT2D eigenvalue weighted by atomic mass is 10.1. The fourth-order valence-corrected chi connectivity index (χ4v) is 7.16. The molecule has 0 spiro atoms. The summed E-state index contributed by atoms with van der Waals surface area (Å²) in [5.74, 6) is 0.329. The third-order valence-corrected chi connectivity index (χ3v) is 10.2. The molecule has 3 N–H and O–H groups in total. The van der Waals surface area contributed by atoms with Gasteiger partial charge in [0.1, 0.15) is 16.5 Å². The van der Waals surface area contributed by atoms with Gasteiger partial charge in [-0.2, -0.15) is 0 Å². The summed E-state index contributed by atoms with van der Waals surface area (Å²) < 4.78 is 22.4. The van der Waals surface area contributed by atoms with Gasteiger partial charge in [-0.05, 0) is 96.1 Å². The molecule has 3 amide bonds. The molecule has 11 nitrogen and oxygen atoms in total. The van der Waals surface area contributed by atoms with Crippen molar-refractivity contribution < 1.29 is 33.0 Å². The Morgan fingerprint density at radius 1 is 0.690 bits per heavy atom. The number of hydrogen-bond acceptors (Lipinski definition) is 9. The molecule has 1 atom stereocenters. The number of para-hydroxylation sites is 2. The molecule has 1 unspecified atom stereocenters. The molecular formula is C46H38N4O7S. The molecule has 0 saturated carbocycles. The molecule has 0 bridgehead atoms. The summed E-state index contributed by atoms with van der Waals surface area (Å²) >= 11 is 1.33. The van der Waals surface area contributed by atoms with Gasteiger partial charge >= 0.3 is 0 Å². The Labute approximate surface area is 339 Å². The van der Waals surface area contributed by atoms with Crippen molar-refractivity contribution in [2.75, 3.05) is 32.0 Å². The van der Waals surface area contributed by atoms with E-state index in [4.69, 9.17) is 18.6 Å². The smallest absolute Gasteiger partial charge is 0.272 e. The zero-order valence-corrected chi connectivity index (χ0v) is 32.5. The maximum absolute atomic E-state index is 14.0. The number of oxazole rings is 1. The van der Waals surface area contributed by atoms with Crippen LogP contribution in [-0.2, 0) is 9.59 Å². The van der Waals surface area contributed by atoms with Crippen LogP contribution in [0.4, 0.5) is 11.4 Å². The van der Waals surface area contributed by atoms with Gasteiger partial charge in [0.05, 0.1) is 21.3 Å². The predicted octanol–water partition coefficient (Wildman–Crippen LogP) is 9.40. The first-order chi connectivity index (χ1) is 28.3. The first-order valence-corrected chi connectivity index (χ1v) is 19.0. The Morgan fingerprint density at radius 2 is 1.36 bits per heavy atom. The number of nitrogens with one attached hydrogen (secondary N) is 3. The van der Waals surface area contributed by atoms with Crippen molar-refractivity contribution in [1.82, 2.24) is 10.3 Å². The average Bonchev–Trinajstić information content (AvgIpc) is 3.70. The van der Waals surface area contributed by atoms with Crippen molar-refractivity contribution >= 4 is 58.0 Å². The van der Waals surface area contributed by atoms with Crippen molar-refractivity contribution in [2.45, 2.75) is 10.1 Å². The number of benzene rings is 6. The second-order valence-corrected chi connectivity index (χ2v) is 14.0. The minimum Gasteiger partial charge on any atom is -0.493 e. The van der Waals surface area contributed by atoms with E-state index in [-0.39, 0.29) is 11.6 Å². The van der Waals surface area contributed by atoms with Crippen molar-refractivity contribution in [3.05, 3.63) is 168 Å². The molecule has 6 aromatic carbocycles. The van der Waals surface area contributed by atoms with Crippen LogP contribution in [0.25, 0.3) is 28.6 Å². The number of thioether (sulfide) groups is 1. The predicted molar refractivity (Wildman–Crippen MR) is 226 cm³/mol. The van der Waals surface area contributed by atoms with Crippen LogP contribution in [0, 0.1) is 0 Å². The number of rotatable bonds is 14. The Bertz CT molecular complexity index is 2540. The summed E-state index contributed by atoms with van der Waals surface area (Å²) in [6.45, 7) is 0. The Kier molecular flexibility index (Phi) is 12.1. The van der Waals surface area contributed by atoms with Crippen molar-refractivity contribution in [3.63, 3.8) is 0 Å². The summed E-state index contributed by atoms with van der Waals surface area (Å²) in [7, 11) is 4.48. The molecule has 1 aromatic heterocycles. The highest BCUT2D eigenvalue weighted by molar-refractivity contribution is 8.00. The van der Waals surface area contributed by atoms with Crippen LogP contribution in [0.1, 0.15) is 26.7 Å². The summed E-state index contributed by atoms with van der Waals surface area (Å²) in [5, 5.41) is 8.08. The van der Waals surface area contributed by atoms with E-state index in [1.807, 2.05) is 84.9 Å². The summed E-state index contributed by atoms with van der Waals surface area (Å²) in [4.78, 5) is 46.5. The van der Waals surface area contributed by atoms with Crippen LogP contribution in [0.2, 0.25) is 0 Å². The van der Waals surface area contributed by atoms with Crippen LogP contribution >= 0.6 is 11.8 Å². The molecule has 7 aromatic rings. The van der Waals surface area contributed by atoms with E-state index in [1.165, 1.54) is 39.2 Å². The monoisotopic (exact) mass is 790 g/mol. The van der Waals surface area contributed by atoms with Gasteiger partial charge < -0.3 is 34.6 Å². The molecule has 7 rings (SSSR count). The SMILES string of the molecule is COc1cc(/C=C(/NC(=O)c2ccccc2)C(=O)Nc2cccc(SC(C(=O)Nc3ccc(-c4nc5ccccc5o4)cc3)c3ccccc3)c2)cc(OC)c1OC. The van der Waals surface area contributed by atoms with Crippen molar-refractivity contribution in [1.29, 1.82) is 0 Å². The second-order valence-electron chi connectivity index (χ2n) is 12.8. The van der Waals surface area contributed by atoms with Crippen molar-refractivity contribution in [3.8, 4) is 28.7 Å². The maximum Gasteiger partial charge on any atom is 0.272 e. The maximum atomic E-state index is 14.0. The number of ether oxygens (including phenoxy) is 3. The van der Waals surface area contributed by atoms with E-state index in [1.54, 1.807) is 60.7 Å². The second kappa shape index (κ2) is 18.1. The molecule has 0 aliphatic heterocycles. The molecule has 0 fully saturated rings. The van der Waals surface area contributed by atoms with Gasteiger partial charge in [0.25, 0.3) is 11.8 Å². The van der Waals surface area contributed by atoms with E-state index in [0.717, 1.165) is 21.5 Å². The number of aromatic nitrogens is 1. The van der Waals surface area contributed by atoms with Crippen LogP contribution in [0.3, 0.4) is 0 Å². The van der Waals surface area contributed by atoms with Crippen LogP contribution < -0.4 is 30.2 Å². The summed E-state index contributed by atoms with van der Waals surface area (Å²) in [6.07, 6.45) is 1.52. The highest BCUT2D eigenvalue weighted by atomic mass is 32.2. The molecule has 12 heteroatoms. The largest absolute Gasteiger partial charge is 0.493 e. The standard InChI is InChI=1S/C46H38N4O7S/c1-54-39-26-29(27-40(55-2)41(39)56-3)25-37(49-43(51)31-15-8-5-9-16-31)44(52)48-34-17-12-18-35(28-34)58-42(30-13-6-4-7-14-30)45(53)47-33-23-21-32(22-24-33)46-50-36-19-10-11-20-38(36)57-46/h4-28,42H,1-3H3,(H,47,53)(H,48,52)(H,49,51)/b37-25+. The van der Waals surface area contributed by atoms with Gasteiger partial charge in [-0.3, -0.25) is 14.4 Å². The molecule has 0 aliphatic carbocycles. The highest BCUT2D eigenvalue weighted by Crippen LogP contribution is 2.39. The fraction of sp³-hybridized carbons (Fsp3) is 0.0870. The molecule has 58 heavy (non-hydrogen) atoms. The van der Waals surface area contributed by atoms with Gasteiger partial charge in [-0.25, -0.2) is 4.98 Å². The average molecular weight is 791 g/mol. The third-order valence-electron chi connectivity index (χ3n) is 8.91. The van der Waals surface area contributed by atoms with E-state index >= 15 is 0 Å². The first-order valence-electron chi connectivity index (χ1n) is 18.1. The Morgan fingerprint density at radius 3 is 2.03 bits per heavy atom. The Balaban J connectivity index is 1.11. The van der Waals surface area contributed by atoms with Gasteiger partial charge in [0, 0.05) is 27.4 Å². The number of carbonyl (C=O) groups excluding carboxylic acids is 3. The number of fused-ring (bicyclic) bond motifs is 1. The minimum atomic E-state index is -0.649. The van der Waals surface area contributed by atoms with E-state index < -0.39 is 17.1 Å². The number of anilines is 2. The lowest BCUT2D eigenvalue weighted by Crippen LogP contribution is -2.30.